The second-order valence-corrected chi connectivity index (χ2v) is 6.34. The molecule has 0 bridgehead atoms. The molecular formula is C21H37N3S. The number of nitrogens with one attached hydrogen (secondary N) is 3. The summed E-state index contributed by atoms with van der Waals surface area (Å²) in [5.41, 5.74) is 3.54. The van der Waals surface area contributed by atoms with Gasteiger partial charge in [-0.25, -0.2) is 0 Å². The van der Waals surface area contributed by atoms with Crippen molar-refractivity contribution in [1.82, 2.24) is 16.0 Å². The largest absolute Gasteiger partial charge is 0.365 e. The third kappa shape index (κ3) is 12.2. The van der Waals surface area contributed by atoms with E-state index >= 15 is 0 Å². The molecule has 0 aliphatic carbocycles. The lowest BCUT2D eigenvalue weighted by Gasteiger charge is -2.19. The van der Waals surface area contributed by atoms with Crippen LogP contribution in [0.5, 0.6) is 0 Å². The molecule has 3 nitrogen and oxygen atoms in total. The van der Waals surface area contributed by atoms with E-state index in [0.29, 0.717) is 18.2 Å². The molecule has 1 aromatic rings. The Bertz CT molecular complexity index is 499. The van der Waals surface area contributed by atoms with Crippen LogP contribution in [0.25, 0.3) is 0 Å². The predicted molar refractivity (Wildman–Crippen MR) is 118 cm³/mol. The Labute approximate surface area is 161 Å². The number of thiocarbonyl (C=S) groups is 1. The van der Waals surface area contributed by atoms with Crippen LogP contribution in [-0.4, -0.2) is 11.7 Å². The van der Waals surface area contributed by atoms with Gasteiger partial charge in [0.15, 0.2) is 5.11 Å². The summed E-state index contributed by atoms with van der Waals surface area (Å²) in [6.07, 6.45) is 1.59. The molecule has 1 aromatic carbocycles. The average molecular weight is 364 g/mol. The highest BCUT2D eigenvalue weighted by Crippen LogP contribution is 2.22. The lowest BCUT2D eigenvalue weighted by atomic mass is 9.87. The minimum absolute atomic E-state index is 0.182. The highest BCUT2D eigenvalue weighted by atomic mass is 32.1. The Morgan fingerprint density at radius 3 is 2.00 bits per heavy atom. The summed E-state index contributed by atoms with van der Waals surface area (Å²) in [4.78, 5) is 0. The summed E-state index contributed by atoms with van der Waals surface area (Å²) in [6, 6.07) is 8.61. The summed E-state index contributed by atoms with van der Waals surface area (Å²) in [5, 5.41) is 9.79. The molecule has 1 rings (SSSR count). The molecule has 0 fully saturated rings. The van der Waals surface area contributed by atoms with E-state index in [2.05, 4.69) is 74.1 Å². The highest BCUT2D eigenvalue weighted by molar-refractivity contribution is 7.80. The van der Waals surface area contributed by atoms with Crippen molar-refractivity contribution in [3.63, 3.8) is 0 Å². The summed E-state index contributed by atoms with van der Waals surface area (Å²) in [5.74, 6) is 0. The molecule has 142 valence electrons. The van der Waals surface area contributed by atoms with E-state index in [1.807, 2.05) is 27.7 Å². The topological polar surface area (TPSA) is 36.1 Å². The first-order chi connectivity index (χ1) is 11.8. The number of rotatable bonds is 6. The van der Waals surface area contributed by atoms with Crippen molar-refractivity contribution in [3.05, 3.63) is 60.4 Å². The molecule has 0 spiro atoms. The Morgan fingerprint density at radius 2 is 1.56 bits per heavy atom. The minimum atomic E-state index is 0.182. The second kappa shape index (κ2) is 14.5. The molecule has 0 saturated carbocycles. The Hall–Kier alpha value is -1.81. The quantitative estimate of drug-likeness (QED) is 0.604. The van der Waals surface area contributed by atoms with Gasteiger partial charge in [0.2, 0.25) is 0 Å². The molecule has 25 heavy (non-hydrogen) atoms. The normalized spacial score (nSPS) is 9.40. The van der Waals surface area contributed by atoms with E-state index in [9.17, 15) is 0 Å². The lowest BCUT2D eigenvalue weighted by Crippen LogP contribution is -2.37. The summed E-state index contributed by atoms with van der Waals surface area (Å²) < 4.78 is 0. The van der Waals surface area contributed by atoms with E-state index in [-0.39, 0.29) is 5.41 Å². The van der Waals surface area contributed by atoms with Gasteiger partial charge in [0.1, 0.15) is 0 Å². The molecule has 0 amide bonds. The molecule has 0 heterocycles. The highest BCUT2D eigenvalue weighted by Gasteiger charge is 2.12. The zero-order chi connectivity index (χ0) is 19.9. The number of hydrogen-bond acceptors (Lipinski definition) is 2. The van der Waals surface area contributed by atoms with Crippen molar-refractivity contribution >= 4 is 17.3 Å². The van der Waals surface area contributed by atoms with Crippen LogP contribution < -0.4 is 16.0 Å². The van der Waals surface area contributed by atoms with Crippen LogP contribution in [0.1, 0.15) is 59.6 Å². The Balaban J connectivity index is 0. The maximum atomic E-state index is 5.22. The molecule has 0 radical (unpaired) electrons. The van der Waals surface area contributed by atoms with Crippen molar-refractivity contribution in [3.8, 4) is 0 Å². The van der Waals surface area contributed by atoms with E-state index in [0.717, 1.165) is 5.70 Å². The number of hydrogen-bond donors (Lipinski definition) is 3. The fourth-order valence-electron chi connectivity index (χ4n) is 1.75. The van der Waals surface area contributed by atoms with Crippen molar-refractivity contribution in [2.75, 3.05) is 6.54 Å². The Morgan fingerprint density at radius 1 is 1.04 bits per heavy atom. The van der Waals surface area contributed by atoms with E-state index < -0.39 is 0 Å². The molecule has 0 aliphatic rings. The second-order valence-electron chi connectivity index (χ2n) is 5.94. The zero-order valence-electron chi connectivity index (χ0n) is 17.1. The van der Waals surface area contributed by atoms with Crippen molar-refractivity contribution in [2.45, 2.75) is 60.4 Å². The van der Waals surface area contributed by atoms with Crippen molar-refractivity contribution in [1.29, 1.82) is 0 Å². The van der Waals surface area contributed by atoms with Crippen LogP contribution in [-0.2, 0) is 12.0 Å². The lowest BCUT2D eigenvalue weighted by molar-refractivity contribution is 0.590. The smallest absolute Gasteiger partial charge is 0.166 e. The van der Waals surface area contributed by atoms with Crippen LogP contribution in [0.15, 0.2) is 49.3 Å². The Kier molecular flexibility index (Phi) is 14.8. The summed E-state index contributed by atoms with van der Waals surface area (Å²) in [6.45, 7) is 23.3. The van der Waals surface area contributed by atoms with Gasteiger partial charge in [-0.15, -0.1) is 0 Å². The third-order valence-corrected chi connectivity index (χ3v) is 3.33. The van der Waals surface area contributed by atoms with Crippen LogP contribution in [0.4, 0.5) is 0 Å². The molecule has 0 saturated heterocycles. The third-order valence-electron chi connectivity index (χ3n) is 3.04. The standard InChI is InChI=1S/C17H25N3S.2C2H6/c1-6-18-13(2)11-19-16(21)20-12-14-7-9-15(10-8-14)17(3,4)5;2*1-2/h6-10,18H,1-2,11-12H2,3-5H3,(H2,19,20,21);2*1-2H3. The average Bonchev–Trinajstić information content (AvgIpc) is 2.61. The molecular weight excluding hydrogens is 326 g/mol. The van der Waals surface area contributed by atoms with E-state index in [4.69, 9.17) is 12.2 Å². The van der Waals surface area contributed by atoms with Gasteiger partial charge in [0, 0.05) is 12.2 Å². The summed E-state index contributed by atoms with van der Waals surface area (Å²) >= 11 is 5.22. The molecule has 0 aromatic heterocycles. The molecule has 0 aliphatic heterocycles. The monoisotopic (exact) mass is 363 g/mol. The van der Waals surface area contributed by atoms with Crippen LogP contribution in [0.3, 0.4) is 0 Å². The van der Waals surface area contributed by atoms with Crippen molar-refractivity contribution < 1.29 is 0 Å². The van der Waals surface area contributed by atoms with Gasteiger partial charge in [-0.1, -0.05) is 85.9 Å². The molecule has 3 N–H and O–H groups in total. The number of benzene rings is 1. The van der Waals surface area contributed by atoms with Gasteiger partial charge in [-0.2, -0.15) is 0 Å². The fourth-order valence-corrected chi connectivity index (χ4v) is 1.89. The fraction of sp³-hybridized carbons (Fsp3) is 0.476. The molecule has 4 heteroatoms. The first-order valence-electron chi connectivity index (χ1n) is 8.99. The maximum absolute atomic E-state index is 5.22. The first-order valence-corrected chi connectivity index (χ1v) is 9.40. The van der Waals surface area contributed by atoms with Gasteiger partial charge in [-0.05, 0) is 35.0 Å². The zero-order valence-corrected chi connectivity index (χ0v) is 17.9. The predicted octanol–water partition coefficient (Wildman–Crippen LogP) is 5.25. The van der Waals surface area contributed by atoms with Gasteiger partial charge < -0.3 is 16.0 Å². The first kappa shape index (κ1) is 25.4. The van der Waals surface area contributed by atoms with Crippen LogP contribution in [0.2, 0.25) is 0 Å². The van der Waals surface area contributed by atoms with E-state index in [1.165, 1.54) is 11.1 Å². The molecule has 0 atom stereocenters. The molecule has 0 unspecified atom stereocenters. The van der Waals surface area contributed by atoms with Gasteiger partial charge in [0.05, 0.1) is 6.54 Å². The minimum Gasteiger partial charge on any atom is -0.365 e. The van der Waals surface area contributed by atoms with Gasteiger partial charge >= 0.3 is 0 Å². The van der Waals surface area contributed by atoms with Crippen LogP contribution in [0, 0.1) is 0 Å². The van der Waals surface area contributed by atoms with Gasteiger partial charge in [-0.3, -0.25) is 0 Å². The maximum Gasteiger partial charge on any atom is 0.166 e. The summed E-state index contributed by atoms with van der Waals surface area (Å²) in [7, 11) is 0. The SMILES string of the molecule is C=CNC(=C)CNC(=S)NCc1ccc(C(C)(C)C)cc1.CC.CC. The van der Waals surface area contributed by atoms with Gasteiger partial charge in [0.25, 0.3) is 0 Å². The van der Waals surface area contributed by atoms with Crippen molar-refractivity contribution in [2.24, 2.45) is 0 Å². The van der Waals surface area contributed by atoms with Crippen LogP contribution >= 0.6 is 12.2 Å². The van der Waals surface area contributed by atoms with E-state index in [1.54, 1.807) is 6.20 Å².